The first-order valence-corrected chi connectivity index (χ1v) is 9.02. The van der Waals surface area contributed by atoms with Gasteiger partial charge in [-0.15, -0.1) is 10.2 Å². The number of hydrogen-bond donors (Lipinski definition) is 2. The van der Waals surface area contributed by atoms with Crippen molar-refractivity contribution in [2.45, 2.75) is 16.4 Å². The smallest absolute Gasteiger partial charge is 0.247 e. The standard InChI is InChI=1S/C15H12ClN5O2S2/c16-9-1-4-11(5-2-9)24-14-6-3-10(23-14)8-18-19-12(22)7-13-20-21-15(17)25-13/h1-6,8H,7H2,(H2,17,21)(H,19,22)/b18-8+. The summed E-state index contributed by atoms with van der Waals surface area (Å²) in [5, 5.41) is 13.5. The molecule has 0 aliphatic heterocycles. The van der Waals surface area contributed by atoms with E-state index >= 15 is 0 Å². The van der Waals surface area contributed by atoms with Gasteiger partial charge in [-0.05, 0) is 36.4 Å². The van der Waals surface area contributed by atoms with E-state index in [1.54, 1.807) is 6.07 Å². The molecule has 0 fully saturated rings. The van der Waals surface area contributed by atoms with Crippen molar-refractivity contribution in [2.75, 3.05) is 5.73 Å². The minimum absolute atomic E-state index is 0.0715. The maximum absolute atomic E-state index is 11.7. The Kier molecular flexibility index (Phi) is 5.69. The van der Waals surface area contributed by atoms with Crippen LogP contribution in [0, 0.1) is 0 Å². The maximum Gasteiger partial charge on any atom is 0.247 e. The van der Waals surface area contributed by atoms with E-state index in [0.29, 0.717) is 26.0 Å². The molecule has 0 atom stereocenters. The predicted octanol–water partition coefficient (Wildman–Crippen LogP) is 3.21. The van der Waals surface area contributed by atoms with Gasteiger partial charge in [0, 0.05) is 9.92 Å². The van der Waals surface area contributed by atoms with Crippen LogP contribution in [0.15, 0.2) is 55.9 Å². The van der Waals surface area contributed by atoms with E-state index in [0.717, 1.165) is 16.2 Å². The number of nitrogens with two attached hydrogens (primary N) is 1. The van der Waals surface area contributed by atoms with Crippen LogP contribution in [0.25, 0.3) is 0 Å². The van der Waals surface area contributed by atoms with Crippen LogP contribution in [0.2, 0.25) is 5.02 Å². The van der Waals surface area contributed by atoms with Gasteiger partial charge in [-0.25, -0.2) is 5.43 Å². The van der Waals surface area contributed by atoms with Gasteiger partial charge in [-0.1, -0.05) is 34.7 Å². The Morgan fingerprint density at radius 3 is 2.84 bits per heavy atom. The van der Waals surface area contributed by atoms with Gasteiger partial charge in [0.15, 0.2) is 5.09 Å². The van der Waals surface area contributed by atoms with E-state index in [2.05, 4.69) is 20.7 Å². The van der Waals surface area contributed by atoms with Crippen LogP contribution < -0.4 is 11.2 Å². The molecular weight excluding hydrogens is 382 g/mol. The van der Waals surface area contributed by atoms with Gasteiger partial charge < -0.3 is 10.2 Å². The normalized spacial score (nSPS) is 11.1. The molecule has 1 aromatic carbocycles. The minimum Gasteiger partial charge on any atom is -0.448 e. The Hall–Kier alpha value is -2.36. The molecule has 7 nitrogen and oxygen atoms in total. The number of halogens is 1. The minimum atomic E-state index is -0.310. The lowest BCUT2D eigenvalue weighted by molar-refractivity contribution is -0.120. The SMILES string of the molecule is Nc1nnc(CC(=O)N/N=C/c2ccc(Sc3ccc(Cl)cc3)o2)s1. The molecule has 3 rings (SSSR count). The third-order valence-electron chi connectivity index (χ3n) is 2.81. The molecule has 10 heteroatoms. The summed E-state index contributed by atoms with van der Waals surface area (Å²) in [6.07, 6.45) is 1.50. The second-order valence-corrected chi connectivity index (χ2v) is 7.32. The highest BCUT2D eigenvalue weighted by Crippen LogP contribution is 2.29. The summed E-state index contributed by atoms with van der Waals surface area (Å²) in [5.74, 6) is 0.214. The number of hydrazone groups is 1. The quantitative estimate of drug-likeness (QED) is 0.492. The molecule has 0 spiro atoms. The molecule has 128 valence electrons. The molecule has 25 heavy (non-hydrogen) atoms. The van der Waals surface area contributed by atoms with E-state index < -0.39 is 0 Å². The highest BCUT2D eigenvalue weighted by Gasteiger charge is 2.07. The van der Waals surface area contributed by atoms with Crippen molar-refractivity contribution in [3.63, 3.8) is 0 Å². The summed E-state index contributed by atoms with van der Waals surface area (Å²) >= 11 is 8.48. The molecule has 0 bridgehead atoms. The van der Waals surface area contributed by atoms with Crippen LogP contribution in [0.4, 0.5) is 5.13 Å². The number of carbonyl (C=O) groups excluding carboxylic acids is 1. The van der Waals surface area contributed by atoms with Crippen molar-refractivity contribution in [1.29, 1.82) is 0 Å². The number of nitrogens with one attached hydrogen (secondary N) is 1. The molecule has 1 amide bonds. The van der Waals surface area contributed by atoms with Gasteiger partial charge in [0.25, 0.3) is 0 Å². The molecule has 0 saturated heterocycles. The van der Waals surface area contributed by atoms with E-state index in [1.165, 1.54) is 18.0 Å². The molecule has 0 aliphatic carbocycles. The van der Waals surface area contributed by atoms with Crippen LogP contribution >= 0.6 is 34.7 Å². The summed E-state index contributed by atoms with van der Waals surface area (Å²) in [5.41, 5.74) is 7.86. The van der Waals surface area contributed by atoms with Crippen LogP contribution in [0.5, 0.6) is 0 Å². The molecule has 0 radical (unpaired) electrons. The van der Waals surface area contributed by atoms with Gasteiger partial charge >= 0.3 is 0 Å². The fourth-order valence-electron chi connectivity index (χ4n) is 1.76. The van der Waals surface area contributed by atoms with Crippen molar-refractivity contribution in [3.05, 3.63) is 52.2 Å². The Labute approximate surface area is 156 Å². The largest absolute Gasteiger partial charge is 0.448 e. The monoisotopic (exact) mass is 393 g/mol. The predicted molar refractivity (Wildman–Crippen MR) is 98.0 cm³/mol. The number of nitrogen functional groups attached to an aromatic ring is 1. The first kappa shape index (κ1) is 17.5. The Balaban J connectivity index is 1.51. The van der Waals surface area contributed by atoms with Gasteiger partial charge in [-0.2, -0.15) is 5.10 Å². The van der Waals surface area contributed by atoms with E-state index in [9.17, 15) is 4.79 Å². The van der Waals surface area contributed by atoms with Crippen molar-refractivity contribution in [1.82, 2.24) is 15.6 Å². The van der Waals surface area contributed by atoms with Gasteiger partial charge in [0.05, 0.1) is 12.6 Å². The number of carbonyl (C=O) groups is 1. The first-order chi connectivity index (χ1) is 12.1. The third-order valence-corrected chi connectivity index (χ3v) is 4.74. The highest BCUT2D eigenvalue weighted by atomic mass is 35.5. The lowest BCUT2D eigenvalue weighted by Gasteiger charge is -1.97. The first-order valence-electron chi connectivity index (χ1n) is 7.01. The van der Waals surface area contributed by atoms with Crippen LogP contribution in [-0.4, -0.2) is 22.3 Å². The lowest BCUT2D eigenvalue weighted by atomic mass is 10.4. The summed E-state index contributed by atoms with van der Waals surface area (Å²) < 4.78 is 5.61. The van der Waals surface area contributed by atoms with Crippen molar-refractivity contribution >= 4 is 52.0 Å². The van der Waals surface area contributed by atoms with Crippen molar-refractivity contribution in [2.24, 2.45) is 5.10 Å². The summed E-state index contributed by atoms with van der Waals surface area (Å²) in [7, 11) is 0. The van der Waals surface area contributed by atoms with Crippen molar-refractivity contribution in [3.8, 4) is 0 Å². The number of furan rings is 1. The highest BCUT2D eigenvalue weighted by molar-refractivity contribution is 7.99. The molecule has 2 heterocycles. The molecule has 0 aliphatic rings. The Morgan fingerprint density at radius 2 is 2.12 bits per heavy atom. The average Bonchev–Trinajstić information content (AvgIpc) is 3.19. The zero-order valence-electron chi connectivity index (χ0n) is 12.7. The number of hydrogen-bond acceptors (Lipinski definition) is 8. The van der Waals surface area contributed by atoms with E-state index in [-0.39, 0.29) is 12.3 Å². The zero-order valence-corrected chi connectivity index (χ0v) is 15.1. The van der Waals surface area contributed by atoms with Gasteiger partial charge in [0.1, 0.15) is 10.8 Å². The van der Waals surface area contributed by atoms with E-state index in [1.807, 2.05) is 30.3 Å². The molecule has 3 aromatic rings. The van der Waals surface area contributed by atoms with E-state index in [4.69, 9.17) is 21.8 Å². The van der Waals surface area contributed by atoms with Gasteiger partial charge in [-0.3, -0.25) is 4.79 Å². The lowest BCUT2D eigenvalue weighted by Crippen LogP contribution is -2.19. The fraction of sp³-hybridized carbons (Fsp3) is 0.0667. The Bertz CT molecular complexity index is 891. The van der Waals surface area contributed by atoms with Crippen LogP contribution in [-0.2, 0) is 11.2 Å². The molecule has 3 N–H and O–H groups in total. The fourth-order valence-corrected chi connectivity index (χ4v) is 3.27. The number of aromatic nitrogens is 2. The molecule has 2 aromatic heterocycles. The topological polar surface area (TPSA) is 106 Å². The molecular formula is C15H12ClN5O2S2. The van der Waals surface area contributed by atoms with Crippen LogP contribution in [0.3, 0.4) is 0 Å². The Morgan fingerprint density at radius 1 is 1.32 bits per heavy atom. The molecule has 0 saturated carbocycles. The number of anilines is 1. The van der Waals surface area contributed by atoms with Crippen LogP contribution in [0.1, 0.15) is 10.8 Å². The second-order valence-electron chi connectivity index (χ2n) is 4.72. The summed E-state index contributed by atoms with van der Waals surface area (Å²) in [4.78, 5) is 12.7. The van der Waals surface area contributed by atoms with Crippen molar-refractivity contribution < 1.29 is 9.21 Å². The summed E-state index contributed by atoms with van der Waals surface area (Å²) in [6.45, 7) is 0. The summed E-state index contributed by atoms with van der Waals surface area (Å²) in [6, 6.07) is 11.0. The molecule has 0 unspecified atom stereocenters. The maximum atomic E-state index is 11.7. The van der Waals surface area contributed by atoms with Gasteiger partial charge in [0.2, 0.25) is 11.0 Å². The number of benzene rings is 1. The second kappa shape index (κ2) is 8.15. The third kappa shape index (κ3) is 5.31. The average molecular weight is 394 g/mol. The number of rotatable bonds is 6. The number of amides is 1. The number of nitrogens with zero attached hydrogens (tertiary/aromatic N) is 3. The zero-order chi connectivity index (χ0) is 17.6.